The van der Waals surface area contributed by atoms with Crippen LogP contribution < -0.4 is 0 Å². The van der Waals surface area contributed by atoms with Gasteiger partial charge in [-0.3, -0.25) is 0 Å². The lowest BCUT2D eigenvalue weighted by Crippen LogP contribution is -2.25. The maximum absolute atomic E-state index is 12.3. The Hall–Kier alpha value is -1.84. The molecule has 128 valence electrons. The van der Waals surface area contributed by atoms with Crippen LogP contribution in [0.2, 0.25) is 0 Å². The third kappa shape index (κ3) is 6.43. The van der Waals surface area contributed by atoms with Crippen molar-refractivity contribution in [3.8, 4) is 0 Å². The fraction of sp³-hybridized carbons (Fsp3) is 0.579. The van der Waals surface area contributed by atoms with Gasteiger partial charge in [0.15, 0.2) is 0 Å². The molecule has 23 heavy (non-hydrogen) atoms. The minimum absolute atomic E-state index is 0.0141. The summed E-state index contributed by atoms with van der Waals surface area (Å²) in [6.45, 7) is 8.43. The van der Waals surface area contributed by atoms with Crippen LogP contribution in [-0.2, 0) is 4.74 Å². The summed E-state index contributed by atoms with van der Waals surface area (Å²) in [6, 6.07) is 6.18. The number of hydrogen-bond donors (Lipinski definition) is 1. The Bertz CT molecular complexity index is 520. The number of benzene rings is 1. The second-order valence-corrected chi connectivity index (χ2v) is 6.72. The van der Waals surface area contributed by atoms with Crippen molar-refractivity contribution in [2.75, 3.05) is 0 Å². The normalized spacial score (nSPS) is 12.4. The number of ether oxygens (including phenoxy) is 1. The Morgan fingerprint density at radius 1 is 1.00 bits per heavy atom. The number of carbonyl (C=O) groups is 2. The first-order valence-electron chi connectivity index (χ1n) is 8.36. The summed E-state index contributed by atoms with van der Waals surface area (Å²) >= 11 is 0. The number of esters is 1. The third-order valence-corrected chi connectivity index (χ3v) is 3.90. The first kappa shape index (κ1) is 19.2. The first-order chi connectivity index (χ1) is 10.8. The molecule has 4 nitrogen and oxygen atoms in total. The molecule has 0 spiro atoms. The first-order valence-corrected chi connectivity index (χ1v) is 8.36. The van der Waals surface area contributed by atoms with E-state index in [1.807, 2.05) is 13.8 Å². The molecule has 1 unspecified atom stereocenters. The lowest BCUT2D eigenvalue weighted by molar-refractivity contribution is 0.0147. The van der Waals surface area contributed by atoms with Crippen LogP contribution in [0, 0.1) is 11.8 Å². The average molecular weight is 320 g/mol. The summed E-state index contributed by atoms with van der Waals surface area (Å²) in [5.74, 6) is -0.784. The Kier molecular flexibility index (Phi) is 7.79. The molecule has 0 aliphatic heterocycles. The summed E-state index contributed by atoms with van der Waals surface area (Å²) in [5.41, 5.74) is 0.104. The van der Waals surface area contributed by atoms with E-state index in [9.17, 15) is 14.7 Å². The molecule has 0 radical (unpaired) electrons. The number of aromatic carboxylic acids is 1. The van der Waals surface area contributed by atoms with Gasteiger partial charge in [-0.1, -0.05) is 52.7 Å². The number of rotatable bonds is 9. The van der Waals surface area contributed by atoms with Gasteiger partial charge >= 0.3 is 11.9 Å². The molecule has 1 N–H and O–H groups in total. The van der Waals surface area contributed by atoms with E-state index in [0.29, 0.717) is 5.92 Å². The number of carboxylic acids is 1. The zero-order chi connectivity index (χ0) is 17.4. The van der Waals surface area contributed by atoms with E-state index in [1.165, 1.54) is 18.6 Å². The average Bonchev–Trinajstić information content (AvgIpc) is 2.49. The topological polar surface area (TPSA) is 63.6 Å². The smallest absolute Gasteiger partial charge is 0.339 e. The SMILES string of the molecule is CC(C)CCCCC(OC(=O)c1ccccc1C(=O)O)C(C)C. The molecule has 1 aromatic carbocycles. The van der Waals surface area contributed by atoms with Gasteiger partial charge in [-0.05, 0) is 36.8 Å². The van der Waals surface area contributed by atoms with Gasteiger partial charge in [0.2, 0.25) is 0 Å². The van der Waals surface area contributed by atoms with Crippen LogP contribution in [-0.4, -0.2) is 23.1 Å². The van der Waals surface area contributed by atoms with E-state index in [4.69, 9.17) is 4.74 Å². The molecule has 0 saturated carbocycles. The summed E-state index contributed by atoms with van der Waals surface area (Å²) in [6.07, 6.45) is 3.92. The molecule has 0 aliphatic carbocycles. The molecule has 0 fully saturated rings. The van der Waals surface area contributed by atoms with E-state index < -0.39 is 11.9 Å². The van der Waals surface area contributed by atoms with E-state index >= 15 is 0 Å². The van der Waals surface area contributed by atoms with Crippen LogP contribution in [0.4, 0.5) is 0 Å². The molecule has 1 atom stereocenters. The summed E-state index contributed by atoms with van der Waals surface area (Å²) in [5, 5.41) is 9.18. The summed E-state index contributed by atoms with van der Waals surface area (Å²) in [4.78, 5) is 23.6. The van der Waals surface area contributed by atoms with E-state index in [-0.39, 0.29) is 23.1 Å². The van der Waals surface area contributed by atoms with Crippen molar-refractivity contribution in [3.05, 3.63) is 35.4 Å². The molecule has 0 amide bonds. The predicted molar refractivity (Wildman–Crippen MR) is 90.7 cm³/mol. The van der Waals surface area contributed by atoms with Crippen molar-refractivity contribution < 1.29 is 19.4 Å². The molecule has 1 aromatic rings. The van der Waals surface area contributed by atoms with Crippen LogP contribution >= 0.6 is 0 Å². The Labute approximate surface area is 138 Å². The van der Waals surface area contributed by atoms with Gasteiger partial charge in [-0.25, -0.2) is 9.59 Å². The van der Waals surface area contributed by atoms with E-state index in [0.717, 1.165) is 19.3 Å². The zero-order valence-electron chi connectivity index (χ0n) is 14.5. The highest BCUT2D eigenvalue weighted by Crippen LogP contribution is 2.19. The molecule has 0 aromatic heterocycles. The van der Waals surface area contributed by atoms with Crippen molar-refractivity contribution in [2.24, 2.45) is 11.8 Å². The van der Waals surface area contributed by atoms with Crippen LogP contribution in [0.25, 0.3) is 0 Å². The summed E-state index contributed by atoms with van der Waals surface area (Å²) in [7, 11) is 0. The lowest BCUT2D eigenvalue weighted by Gasteiger charge is -2.22. The number of carbonyl (C=O) groups excluding carboxylic acids is 1. The minimum atomic E-state index is -1.12. The van der Waals surface area contributed by atoms with Gasteiger partial charge in [-0.2, -0.15) is 0 Å². The monoisotopic (exact) mass is 320 g/mol. The number of carboxylic acid groups (broad SMARTS) is 1. The predicted octanol–water partition coefficient (Wildman–Crippen LogP) is 4.78. The fourth-order valence-electron chi connectivity index (χ4n) is 2.48. The van der Waals surface area contributed by atoms with Crippen LogP contribution in [0.1, 0.15) is 74.1 Å². The molecular weight excluding hydrogens is 292 g/mol. The van der Waals surface area contributed by atoms with Crippen LogP contribution in [0.15, 0.2) is 24.3 Å². The van der Waals surface area contributed by atoms with Crippen molar-refractivity contribution >= 4 is 11.9 Å². The van der Waals surface area contributed by atoms with Gasteiger partial charge in [0.25, 0.3) is 0 Å². The molecule has 0 heterocycles. The Balaban J connectivity index is 2.69. The second kappa shape index (κ2) is 9.33. The highest BCUT2D eigenvalue weighted by atomic mass is 16.5. The van der Waals surface area contributed by atoms with Crippen LogP contribution in [0.5, 0.6) is 0 Å². The van der Waals surface area contributed by atoms with Crippen molar-refractivity contribution in [1.82, 2.24) is 0 Å². The third-order valence-electron chi connectivity index (χ3n) is 3.90. The zero-order valence-corrected chi connectivity index (χ0v) is 14.5. The lowest BCUT2D eigenvalue weighted by atomic mass is 9.98. The molecule has 0 bridgehead atoms. The van der Waals surface area contributed by atoms with Gasteiger partial charge in [0.05, 0.1) is 11.1 Å². The van der Waals surface area contributed by atoms with Gasteiger partial charge in [0.1, 0.15) is 6.10 Å². The highest BCUT2D eigenvalue weighted by Gasteiger charge is 2.22. The number of unbranched alkanes of at least 4 members (excludes halogenated alkanes) is 1. The van der Waals surface area contributed by atoms with E-state index in [1.54, 1.807) is 12.1 Å². The highest BCUT2D eigenvalue weighted by molar-refractivity contribution is 6.02. The van der Waals surface area contributed by atoms with Gasteiger partial charge in [-0.15, -0.1) is 0 Å². The van der Waals surface area contributed by atoms with Gasteiger partial charge in [0, 0.05) is 0 Å². The quantitative estimate of drug-likeness (QED) is 0.525. The molecular formula is C19H28O4. The molecule has 0 saturated heterocycles. The van der Waals surface area contributed by atoms with Crippen LogP contribution in [0.3, 0.4) is 0 Å². The fourth-order valence-corrected chi connectivity index (χ4v) is 2.48. The Morgan fingerprint density at radius 3 is 2.09 bits per heavy atom. The van der Waals surface area contributed by atoms with E-state index in [2.05, 4.69) is 13.8 Å². The maximum Gasteiger partial charge on any atom is 0.339 e. The minimum Gasteiger partial charge on any atom is -0.478 e. The maximum atomic E-state index is 12.3. The summed E-state index contributed by atoms with van der Waals surface area (Å²) < 4.78 is 5.59. The number of hydrogen-bond acceptors (Lipinski definition) is 3. The van der Waals surface area contributed by atoms with Crippen molar-refractivity contribution in [2.45, 2.75) is 59.5 Å². The largest absolute Gasteiger partial charge is 0.478 e. The Morgan fingerprint density at radius 2 is 1.57 bits per heavy atom. The molecule has 4 heteroatoms. The van der Waals surface area contributed by atoms with Gasteiger partial charge < -0.3 is 9.84 Å². The molecule has 1 rings (SSSR count). The van der Waals surface area contributed by atoms with Crippen molar-refractivity contribution in [1.29, 1.82) is 0 Å². The van der Waals surface area contributed by atoms with Crippen molar-refractivity contribution in [3.63, 3.8) is 0 Å². The standard InChI is InChI=1S/C19H28O4/c1-13(2)9-5-8-12-17(14(3)4)23-19(22)16-11-7-6-10-15(16)18(20)21/h6-7,10-11,13-14,17H,5,8-9,12H2,1-4H3,(H,20,21). The molecule has 0 aliphatic rings. The second-order valence-electron chi connectivity index (χ2n) is 6.72.